The first-order valence-corrected chi connectivity index (χ1v) is 11.9. The van der Waals surface area contributed by atoms with E-state index in [1.165, 1.54) is 27.9 Å². The van der Waals surface area contributed by atoms with Gasteiger partial charge < -0.3 is 14.7 Å². The van der Waals surface area contributed by atoms with Crippen molar-refractivity contribution < 1.29 is 19.0 Å². The minimum atomic E-state index is -0.642. The van der Waals surface area contributed by atoms with Crippen molar-refractivity contribution in [1.29, 1.82) is 0 Å². The van der Waals surface area contributed by atoms with Gasteiger partial charge in [0, 0.05) is 29.3 Å². The summed E-state index contributed by atoms with van der Waals surface area (Å²) in [7, 11) is 0. The molecule has 0 fully saturated rings. The van der Waals surface area contributed by atoms with Gasteiger partial charge in [-0.15, -0.1) is 11.8 Å². The molecule has 0 aliphatic carbocycles. The fraction of sp³-hybridized carbons (Fsp3) is 0.200. The monoisotopic (exact) mass is 479 g/mol. The van der Waals surface area contributed by atoms with Crippen LogP contribution in [0.1, 0.15) is 27.7 Å². The molecule has 3 heterocycles. The van der Waals surface area contributed by atoms with E-state index in [0.29, 0.717) is 5.56 Å². The van der Waals surface area contributed by atoms with Crippen LogP contribution in [0.15, 0.2) is 76.6 Å². The Morgan fingerprint density at radius 1 is 1.06 bits per heavy atom. The van der Waals surface area contributed by atoms with Gasteiger partial charge in [-0.05, 0) is 30.0 Å². The lowest BCUT2D eigenvalue weighted by molar-refractivity contribution is 0.0701. The number of amides is 1. The second kappa shape index (κ2) is 8.90. The molecule has 0 spiro atoms. The lowest BCUT2D eigenvalue weighted by Gasteiger charge is -2.44. The molecule has 5 rings (SSSR count). The Labute approximate surface area is 199 Å². The van der Waals surface area contributed by atoms with Crippen molar-refractivity contribution in [3.8, 4) is 11.5 Å². The molecule has 0 saturated heterocycles. The summed E-state index contributed by atoms with van der Waals surface area (Å²) in [6.07, 6.45) is 6.90. The van der Waals surface area contributed by atoms with Gasteiger partial charge in [0.15, 0.2) is 23.0 Å². The number of aromatic nitrogens is 1. The molecule has 0 radical (unpaired) electrons. The molecular formula is C25H22FN3O4S. The average molecular weight is 480 g/mol. The normalized spacial score (nSPS) is 18.4. The summed E-state index contributed by atoms with van der Waals surface area (Å²) >= 11 is 1.55. The number of hydrogen-bond acceptors (Lipinski definition) is 6. The van der Waals surface area contributed by atoms with E-state index in [0.717, 1.165) is 10.5 Å². The lowest BCUT2D eigenvalue weighted by atomic mass is 9.96. The number of pyridine rings is 1. The van der Waals surface area contributed by atoms with Crippen LogP contribution in [0.2, 0.25) is 0 Å². The van der Waals surface area contributed by atoms with Crippen LogP contribution in [0.5, 0.6) is 11.5 Å². The number of nitrogens with zero attached hydrogens (tertiary/aromatic N) is 3. The molecule has 1 N–H and O–H groups in total. The lowest BCUT2D eigenvalue weighted by Crippen LogP contribution is -2.55. The highest BCUT2D eigenvalue weighted by Gasteiger charge is 2.38. The van der Waals surface area contributed by atoms with Gasteiger partial charge in [0.05, 0.1) is 0 Å². The van der Waals surface area contributed by atoms with Crippen molar-refractivity contribution in [1.82, 2.24) is 9.58 Å². The van der Waals surface area contributed by atoms with E-state index in [1.54, 1.807) is 36.0 Å². The Balaban J connectivity index is 1.84. The molecule has 174 valence electrons. The first kappa shape index (κ1) is 22.1. The third kappa shape index (κ3) is 3.62. The quantitative estimate of drug-likeness (QED) is 0.448. The number of aromatic hydroxyl groups is 1. The second-order valence-corrected chi connectivity index (χ2v) is 8.76. The first-order chi connectivity index (χ1) is 16.5. The molecule has 1 aromatic heterocycles. The van der Waals surface area contributed by atoms with Crippen molar-refractivity contribution in [2.75, 3.05) is 31.1 Å². The van der Waals surface area contributed by atoms with Crippen LogP contribution < -0.4 is 15.2 Å². The predicted octanol–water partition coefficient (Wildman–Crippen LogP) is 3.50. The van der Waals surface area contributed by atoms with E-state index in [-0.39, 0.29) is 31.3 Å². The molecule has 34 heavy (non-hydrogen) atoms. The number of hydrogen-bond donors (Lipinski definition) is 1. The molecule has 2 bridgehead atoms. The zero-order valence-corrected chi connectivity index (χ0v) is 19.2. The highest BCUT2D eigenvalue weighted by atomic mass is 32.2. The van der Waals surface area contributed by atoms with Gasteiger partial charge in [-0.2, -0.15) is 0 Å². The molecule has 2 aliphatic heterocycles. The summed E-state index contributed by atoms with van der Waals surface area (Å²) in [5.41, 5.74) is 0.667. The van der Waals surface area contributed by atoms with Crippen LogP contribution >= 0.6 is 11.8 Å². The minimum Gasteiger partial charge on any atom is -0.502 e. The molecule has 1 unspecified atom stereocenters. The van der Waals surface area contributed by atoms with Crippen molar-refractivity contribution in [2.45, 2.75) is 10.9 Å². The van der Waals surface area contributed by atoms with Crippen LogP contribution in [0.4, 0.5) is 4.39 Å². The second-order valence-electron chi connectivity index (χ2n) is 7.92. The topological polar surface area (TPSA) is 75.0 Å². The van der Waals surface area contributed by atoms with Gasteiger partial charge in [0.25, 0.3) is 5.91 Å². The zero-order chi connectivity index (χ0) is 23.8. The Morgan fingerprint density at radius 3 is 2.68 bits per heavy atom. The Hall–Kier alpha value is -3.72. The van der Waals surface area contributed by atoms with E-state index in [9.17, 15) is 14.7 Å². The van der Waals surface area contributed by atoms with Crippen molar-refractivity contribution in [3.05, 3.63) is 99.7 Å². The number of para-hydroxylation sites is 1. The van der Waals surface area contributed by atoms with Gasteiger partial charge in [-0.3, -0.25) is 19.3 Å². The number of halogens is 1. The van der Waals surface area contributed by atoms with Crippen LogP contribution in [0, 0.1) is 5.82 Å². The van der Waals surface area contributed by atoms with Gasteiger partial charge in [-0.1, -0.05) is 36.4 Å². The molecule has 2 aromatic carbocycles. The number of fused-ring (bicyclic) bond motifs is 5. The Bertz CT molecular complexity index is 1360. The SMILES string of the molecule is CSc1ccccc1C1c2cccc(F)c2OC/C=C\CN2CN1n1ccc(=O)c(O)c1C2=O. The van der Waals surface area contributed by atoms with Crippen LogP contribution in [0.3, 0.4) is 0 Å². The molecule has 0 saturated carbocycles. The molecule has 1 atom stereocenters. The van der Waals surface area contributed by atoms with E-state index in [1.807, 2.05) is 35.5 Å². The van der Waals surface area contributed by atoms with Crippen molar-refractivity contribution in [2.24, 2.45) is 0 Å². The van der Waals surface area contributed by atoms with Gasteiger partial charge >= 0.3 is 0 Å². The first-order valence-electron chi connectivity index (χ1n) is 10.7. The number of carbonyl (C=O) groups is 1. The largest absolute Gasteiger partial charge is 0.502 e. The molecule has 7 nitrogen and oxygen atoms in total. The summed E-state index contributed by atoms with van der Waals surface area (Å²) < 4.78 is 22.4. The minimum absolute atomic E-state index is 0.116. The summed E-state index contributed by atoms with van der Waals surface area (Å²) in [5, 5.41) is 12.4. The number of thioether (sulfide) groups is 1. The van der Waals surface area contributed by atoms with Crippen LogP contribution in [-0.4, -0.2) is 46.7 Å². The third-order valence-electron chi connectivity index (χ3n) is 5.98. The molecule has 2 aliphatic rings. The molecule has 1 amide bonds. The Morgan fingerprint density at radius 2 is 1.85 bits per heavy atom. The number of rotatable bonds is 2. The molecule has 3 aromatic rings. The van der Waals surface area contributed by atoms with E-state index >= 15 is 4.39 Å². The number of carbonyl (C=O) groups excluding carboxylic acids is 1. The maximum atomic E-state index is 15.1. The van der Waals surface area contributed by atoms with Crippen molar-refractivity contribution in [3.63, 3.8) is 0 Å². The highest BCUT2D eigenvalue weighted by Crippen LogP contribution is 2.40. The fourth-order valence-corrected chi connectivity index (χ4v) is 5.04. The third-order valence-corrected chi connectivity index (χ3v) is 6.79. The van der Waals surface area contributed by atoms with Crippen molar-refractivity contribution >= 4 is 17.7 Å². The van der Waals surface area contributed by atoms with Gasteiger partial charge in [0.1, 0.15) is 19.3 Å². The number of benzene rings is 2. The van der Waals surface area contributed by atoms with E-state index in [2.05, 4.69) is 0 Å². The molecule has 9 heteroatoms. The predicted molar refractivity (Wildman–Crippen MR) is 128 cm³/mol. The Kier molecular flexibility index (Phi) is 5.79. The summed E-state index contributed by atoms with van der Waals surface area (Å²) in [5.74, 6) is -1.46. The maximum absolute atomic E-state index is 15.1. The number of ether oxygens (including phenoxy) is 1. The average Bonchev–Trinajstić information content (AvgIpc) is 2.87. The standard InChI is InChI=1S/C25H22FN3O4S/c1-34-20-10-3-2-7-16(20)21-17-8-6-9-18(26)24(17)33-14-5-4-12-27-15-29(21)28-13-11-19(30)23(31)22(28)25(27)32/h2-11,13,21,31H,12,14-15H2,1H3/b5-4-. The van der Waals surface area contributed by atoms with Crippen LogP contribution in [-0.2, 0) is 0 Å². The van der Waals surface area contributed by atoms with E-state index in [4.69, 9.17) is 4.74 Å². The van der Waals surface area contributed by atoms with Crippen LogP contribution in [0.25, 0.3) is 0 Å². The fourth-order valence-electron chi connectivity index (χ4n) is 4.41. The molecular weight excluding hydrogens is 457 g/mol. The van der Waals surface area contributed by atoms with E-state index < -0.39 is 28.9 Å². The van der Waals surface area contributed by atoms with Gasteiger partial charge in [0.2, 0.25) is 5.43 Å². The zero-order valence-electron chi connectivity index (χ0n) is 18.3. The van der Waals surface area contributed by atoms with Gasteiger partial charge in [-0.25, -0.2) is 4.39 Å². The highest BCUT2D eigenvalue weighted by molar-refractivity contribution is 7.98. The summed E-state index contributed by atoms with van der Waals surface area (Å²) in [6.45, 7) is 0.502. The smallest absolute Gasteiger partial charge is 0.278 e. The summed E-state index contributed by atoms with van der Waals surface area (Å²) in [6, 6.07) is 13.1. The maximum Gasteiger partial charge on any atom is 0.278 e. The summed E-state index contributed by atoms with van der Waals surface area (Å²) in [4.78, 5) is 28.0.